The van der Waals surface area contributed by atoms with Crippen molar-refractivity contribution in [1.82, 2.24) is 15.1 Å². The Kier molecular flexibility index (Phi) is 6.63. The van der Waals surface area contributed by atoms with Gasteiger partial charge in [0, 0.05) is 53.0 Å². The van der Waals surface area contributed by atoms with Crippen molar-refractivity contribution < 1.29 is 4.74 Å². The fraction of sp³-hybridized carbons (Fsp3) is 0.632. The summed E-state index contributed by atoms with van der Waals surface area (Å²) in [4.78, 5) is 9.04. The number of rotatable bonds is 5. The Balaban J connectivity index is 2.15. The van der Waals surface area contributed by atoms with Crippen LogP contribution in [0.3, 0.4) is 0 Å². The van der Waals surface area contributed by atoms with Gasteiger partial charge in [-0.25, -0.2) is 0 Å². The van der Waals surface area contributed by atoms with Crippen LogP contribution < -0.4 is 5.32 Å². The molecule has 0 amide bonds. The van der Waals surface area contributed by atoms with Gasteiger partial charge in [-0.2, -0.15) is 0 Å². The molecule has 1 saturated heterocycles. The van der Waals surface area contributed by atoms with E-state index in [1.54, 1.807) is 0 Å². The number of aliphatic imine (C=N–C) groups is 1. The molecule has 0 spiro atoms. The van der Waals surface area contributed by atoms with Gasteiger partial charge in [0.1, 0.15) is 0 Å². The second kappa shape index (κ2) is 8.49. The van der Waals surface area contributed by atoms with Crippen molar-refractivity contribution in [2.24, 2.45) is 4.99 Å². The third-order valence-corrected chi connectivity index (χ3v) is 4.60. The van der Waals surface area contributed by atoms with Crippen molar-refractivity contribution in [1.29, 1.82) is 0 Å². The molecule has 0 saturated carbocycles. The highest BCUT2D eigenvalue weighted by Crippen LogP contribution is 2.26. The molecule has 0 unspecified atom stereocenters. The van der Waals surface area contributed by atoms with Crippen LogP contribution in [-0.2, 0) is 4.74 Å². The molecule has 5 heteroatoms. The zero-order valence-corrected chi connectivity index (χ0v) is 15.7. The van der Waals surface area contributed by atoms with Crippen LogP contribution in [0.1, 0.15) is 31.4 Å². The highest BCUT2D eigenvalue weighted by Gasteiger charge is 2.34. The molecular weight excluding hydrogens is 300 g/mol. The van der Waals surface area contributed by atoms with Crippen molar-refractivity contribution >= 4 is 5.96 Å². The standard InChI is InChI=1S/C19H32N4O/c1-16(17-9-7-6-8-10-17)21-19(11-13-24-14-12-19)15-20-18(22(2)3)23(4)5/h6-10,16,21H,11-15H2,1-5H3/t16-/m1/s1. The smallest absolute Gasteiger partial charge is 0.195 e. The second-order valence-electron chi connectivity index (χ2n) is 7.07. The molecule has 1 heterocycles. The lowest BCUT2D eigenvalue weighted by molar-refractivity contribution is 0.0373. The molecule has 5 nitrogen and oxygen atoms in total. The maximum absolute atomic E-state index is 5.60. The van der Waals surface area contributed by atoms with E-state index >= 15 is 0 Å². The van der Waals surface area contributed by atoms with E-state index in [0.29, 0.717) is 6.04 Å². The Hall–Kier alpha value is -1.59. The first-order valence-electron chi connectivity index (χ1n) is 8.73. The molecule has 1 fully saturated rings. The van der Waals surface area contributed by atoms with E-state index in [0.717, 1.165) is 38.6 Å². The molecule has 0 aliphatic carbocycles. The number of nitrogens with zero attached hydrogens (tertiary/aromatic N) is 3. The monoisotopic (exact) mass is 332 g/mol. The van der Waals surface area contributed by atoms with Crippen LogP contribution in [0.15, 0.2) is 35.3 Å². The number of benzene rings is 1. The highest BCUT2D eigenvalue weighted by molar-refractivity contribution is 5.79. The number of ether oxygens (including phenoxy) is 1. The summed E-state index contributed by atoms with van der Waals surface area (Å²) in [5, 5.41) is 3.86. The Morgan fingerprint density at radius 1 is 1.12 bits per heavy atom. The minimum atomic E-state index is -0.00915. The van der Waals surface area contributed by atoms with Gasteiger partial charge in [0.05, 0.1) is 6.54 Å². The van der Waals surface area contributed by atoms with Crippen LogP contribution in [0.25, 0.3) is 0 Å². The fourth-order valence-corrected chi connectivity index (χ4v) is 3.30. The molecule has 1 aliphatic rings. The summed E-state index contributed by atoms with van der Waals surface area (Å²) in [7, 11) is 8.15. The van der Waals surface area contributed by atoms with Gasteiger partial charge in [0.15, 0.2) is 5.96 Å². The molecule has 1 N–H and O–H groups in total. The lowest BCUT2D eigenvalue weighted by Crippen LogP contribution is -2.53. The zero-order chi connectivity index (χ0) is 17.6. The normalized spacial score (nSPS) is 17.9. The second-order valence-corrected chi connectivity index (χ2v) is 7.07. The van der Waals surface area contributed by atoms with E-state index in [1.807, 2.05) is 28.2 Å². The molecule has 134 valence electrons. The van der Waals surface area contributed by atoms with Gasteiger partial charge in [-0.3, -0.25) is 4.99 Å². The van der Waals surface area contributed by atoms with Gasteiger partial charge < -0.3 is 19.9 Å². The van der Waals surface area contributed by atoms with Crippen molar-refractivity contribution in [3.05, 3.63) is 35.9 Å². The molecule has 1 aromatic rings. The quantitative estimate of drug-likeness (QED) is 0.664. The molecule has 0 aromatic heterocycles. The van der Waals surface area contributed by atoms with E-state index in [2.05, 4.69) is 52.4 Å². The van der Waals surface area contributed by atoms with Crippen LogP contribution in [0.5, 0.6) is 0 Å². The highest BCUT2D eigenvalue weighted by atomic mass is 16.5. The average Bonchev–Trinajstić information content (AvgIpc) is 2.56. The molecular formula is C19H32N4O. The average molecular weight is 332 g/mol. The van der Waals surface area contributed by atoms with Crippen molar-refractivity contribution in [3.8, 4) is 0 Å². The van der Waals surface area contributed by atoms with E-state index in [1.165, 1.54) is 5.56 Å². The molecule has 1 aliphatic heterocycles. The predicted molar refractivity (Wildman–Crippen MR) is 100 cm³/mol. The van der Waals surface area contributed by atoms with Gasteiger partial charge in [-0.1, -0.05) is 30.3 Å². The predicted octanol–water partition coefficient (Wildman–Crippen LogP) is 2.37. The summed E-state index contributed by atoms with van der Waals surface area (Å²) in [5.41, 5.74) is 1.30. The Labute approximate surface area is 146 Å². The summed E-state index contributed by atoms with van der Waals surface area (Å²) >= 11 is 0. The molecule has 24 heavy (non-hydrogen) atoms. The maximum Gasteiger partial charge on any atom is 0.195 e. The van der Waals surface area contributed by atoms with Gasteiger partial charge in [0.25, 0.3) is 0 Å². The first-order chi connectivity index (χ1) is 11.4. The first kappa shape index (κ1) is 18.7. The third kappa shape index (κ3) is 4.95. The van der Waals surface area contributed by atoms with Crippen LogP contribution >= 0.6 is 0 Å². The van der Waals surface area contributed by atoms with Crippen LogP contribution in [-0.4, -0.2) is 69.2 Å². The summed E-state index contributed by atoms with van der Waals surface area (Å²) in [5.74, 6) is 0.995. The van der Waals surface area contributed by atoms with Crippen LogP contribution in [0.2, 0.25) is 0 Å². The number of hydrogen-bond acceptors (Lipinski definition) is 3. The van der Waals surface area contributed by atoms with E-state index in [9.17, 15) is 0 Å². The molecule has 1 atom stereocenters. The summed E-state index contributed by atoms with van der Waals surface area (Å²) < 4.78 is 5.60. The van der Waals surface area contributed by atoms with Crippen molar-refractivity contribution in [2.45, 2.75) is 31.3 Å². The first-order valence-corrected chi connectivity index (χ1v) is 8.73. The minimum absolute atomic E-state index is 0.00915. The van der Waals surface area contributed by atoms with E-state index < -0.39 is 0 Å². The van der Waals surface area contributed by atoms with Gasteiger partial charge in [0.2, 0.25) is 0 Å². The Morgan fingerprint density at radius 2 is 1.71 bits per heavy atom. The number of nitrogens with one attached hydrogen (secondary N) is 1. The molecule has 1 aromatic carbocycles. The summed E-state index contributed by atoms with van der Waals surface area (Å²) in [6, 6.07) is 10.9. The van der Waals surface area contributed by atoms with Crippen LogP contribution in [0, 0.1) is 0 Å². The fourth-order valence-electron chi connectivity index (χ4n) is 3.30. The van der Waals surface area contributed by atoms with Crippen molar-refractivity contribution in [2.75, 3.05) is 47.9 Å². The minimum Gasteiger partial charge on any atom is -0.381 e. The zero-order valence-electron chi connectivity index (χ0n) is 15.7. The number of guanidine groups is 1. The largest absolute Gasteiger partial charge is 0.381 e. The molecule has 2 rings (SSSR count). The topological polar surface area (TPSA) is 40.1 Å². The number of hydrogen-bond donors (Lipinski definition) is 1. The maximum atomic E-state index is 5.60. The van der Waals surface area contributed by atoms with Gasteiger partial charge >= 0.3 is 0 Å². The van der Waals surface area contributed by atoms with Crippen molar-refractivity contribution in [3.63, 3.8) is 0 Å². The van der Waals surface area contributed by atoms with Crippen LogP contribution in [0.4, 0.5) is 0 Å². The summed E-state index contributed by atoms with van der Waals surface area (Å²) in [6.45, 7) is 4.58. The van der Waals surface area contributed by atoms with Gasteiger partial charge in [-0.15, -0.1) is 0 Å². The molecule has 0 bridgehead atoms. The lowest BCUT2D eigenvalue weighted by Gasteiger charge is -2.40. The van der Waals surface area contributed by atoms with E-state index in [4.69, 9.17) is 9.73 Å². The Bertz CT molecular complexity index is 511. The van der Waals surface area contributed by atoms with Gasteiger partial charge in [-0.05, 0) is 25.3 Å². The SMILES string of the molecule is C[C@@H](NC1(CN=C(N(C)C)N(C)C)CCOCC1)c1ccccc1. The Morgan fingerprint density at radius 3 is 2.25 bits per heavy atom. The van der Waals surface area contributed by atoms with E-state index in [-0.39, 0.29) is 5.54 Å². The molecule has 0 radical (unpaired) electrons. The lowest BCUT2D eigenvalue weighted by atomic mass is 9.88. The summed E-state index contributed by atoms with van der Waals surface area (Å²) in [6.07, 6.45) is 1.98. The third-order valence-electron chi connectivity index (χ3n) is 4.60.